The van der Waals surface area contributed by atoms with Crippen LogP contribution < -0.4 is 10.1 Å². The minimum Gasteiger partial charge on any atom is -0.496 e. The van der Waals surface area contributed by atoms with Gasteiger partial charge in [0.05, 0.1) is 23.7 Å². The Morgan fingerprint density at radius 2 is 1.97 bits per heavy atom. The predicted octanol–water partition coefficient (Wildman–Crippen LogP) is 3.16. The lowest BCUT2D eigenvalue weighted by Gasteiger charge is -2.44. The molecule has 1 N–H and O–H groups in total. The number of benzene rings is 1. The van der Waals surface area contributed by atoms with Gasteiger partial charge in [0, 0.05) is 42.0 Å². The molecule has 172 valence electrons. The molecule has 0 saturated carbocycles. The Morgan fingerprint density at radius 3 is 2.67 bits per heavy atom. The molecule has 1 aromatic carbocycles. The van der Waals surface area contributed by atoms with E-state index < -0.39 is 0 Å². The number of rotatable bonds is 2. The van der Waals surface area contributed by atoms with Gasteiger partial charge in [-0.1, -0.05) is 6.07 Å². The van der Waals surface area contributed by atoms with Crippen LogP contribution >= 0.6 is 0 Å². The molecule has 0 bridgehead atoms. The van der Waals surface area contributed by atoms with Gasteiger partial charge in [0.2, 0.25) is 0 Å². The fraction of sp³-hybridized carbons (Fsp3) is 0.440. The number of hydrogen-bond acceptors (Lipinski definition) is 5. The first-order valence-corrected chi connectivity index (χ1v) is 11.3. The monoisotopic (exact) mass is 447 g/mol. The van der Waals surface area contributed by atoms with Gasteiger partial charge in [0.15, 0.2) is 5.69 Å². The summed E-state index contributed by atoms with van der Waals surface area (Å²) in [4.78, 5) is 32.4. The average Bonchev–Trinajstić information content (AvgIpc) is 3.23. The number of aromatic nitrogens is 3. The van der Waals surface area contributed by atoms with Gasteiger partial charge < -0.3 is 15.0 Å². The lowest BCUT2D eigenvalue weighted by Crippen LogP contribution is -2.59. The van der Waals surface area contributed by atoms with Crippen molar-refractivity contribution in [1.29, 1.82) is 0 Å². The normalized spacial score (nSPS) is 17.7. The summed E-state index contributed by atoms with van der Waals surface area (Å²) >= 11 is 0. The smallest absolute Gasteiger partial charge is 0.272 e. The molecule has 0 aliphatic carbocycles. The highest BCUT2D eigenvalue weighted by Crippen LogP contribution is 2.33. The Hall–Kier alpha value is -3.42. The minimum absolute atomic E-state index is 0.0477. The number of carbonyl (C=O) groups is 2. The maximum absolute atomic E-state index is 13.2. The molecule has 33 heavy (non-hydrogen) atoms. The summed E-state index contributed by atoms with van der Waals surface area (Å²) in [5, 5.41) is 8.56. The number of piperidine rings is 1. The Morgan fingerprint density at radius 1 is 1.21 bits per heavy atom. The minimum atomic E-state index is -0.336. The number of likely N-dealkylation sites (tertiary alicyclic amines) is 1. The molecule has 2 aromatic heterocycles. The molecule has 0 atom stereocenters. The van der Waals surface area contributed by atoms with Crippen molar-refractivity contribution in [2.75, 3.05) is 20.2 Å². The van der Waals surface area contributed by atoms with E-state index in [0.717, 1.165) is 22.9 Å². The Labute approximate surface area is 192 Å². The molecule has 1 saturated heterocycles. The van der Waals surface area contributed by atoms with Crippen LogP contribution in [0, 0.1) is 0 Å². The van der Waals surface area contributed by atoms with Crippen molar-refractivity contribution >= 4 is 22.7 Å². The molecule has 8 nitrogen and oxygen atoms in total. The van der Waals surface area contributed by atoms with Gasteiger partial charge in [-0.25, -0.2) is 0 Å². The van der Waals surface area contributed by atoms with Crippen LogP contribution in [0.2, 0.25) is 0 Å². The molecule has 0 radical (unpaired) electrons. The Kier molecular flexibility index (Phi) is 4.92. The fourth-order valence-corrected chi connectivity index (χ4v) is 4.82. The number of methoxy groups -OCH3 is 1. The van der Waals surface area contributed by atoms with Crippen molar-refractivity contribution in [3.8, 4) is 5.75 Å². The summed E-state index contributed by atoms with van der Waals surface area (Å²) in [6.45, 7) is 7.36. The van der Waals surface area contributed by atoms with Crippen LogP contribution in [-0.4, -0.2) is 57.2 Å². The number of nitrogens with one attached hydrogen (secondary N) is 1. The van der Waals surface area contributed by atoms with Gasteiger partial charge in [-0.3, -0.25) is 19.3 Å². The van der Waals surface area contributed by atoms with E-state index in [1.807, 2.05) is 40.0 Å². The summed E-state index contributed by atoms with van der Waals surface area (Å²) in [5.41, 5.74) is 2.32. The topological polar surface area (TPSA) is 89.3 Å². The average molecular weight is 448 g/mol. The van der Waals surface area contributed by atoms with Crippen LogP contribution in [0.25, 0.3) is 10.9 Å². The van der Waals surface area contributed by atoms with Crippen LogP contribution in [0.1, 0.15) is 60.0 Å². The molecule has 1 fully saturated rings. The zero-order valence-electron chi connectivity index (χ0n) is 19.5. The highest BCUT2D eigenvalue weighted by molar-refractivity contribution is 5.99. The second-order valence-corrected chi connectivity index (χ2v) is 10.1. The SMILES string of the molecule is COc1cccc2ncc(C(=O)N3CCC4(CC3)Cc3cn(C(C)(C)C)nc3C(=O)N4)cc12. The zero-order chi connectivity index (χ0) is 23.4. The van der Waals surface area contributed by atoms with Crippen molar-refractivity contribution in [2.24, 2.45) is 0 Å². The van der Waals surface area contributed by atoms with E-state index in [1.54, 1.807) is 13.3 Å². The molecule has 8 heteroatoms. The van der Waals surface area contributed by atoms with E-state index in [-0.39, 0.29) is 22.9 Å². The van der Waals surface area contributed by atoms with Crippen LogP contribution in [-0.2, 0) is 12.0 Å². The molecule has 4 heterocycles. The van der Waals surface area contributed by atoms with Crippen molar-refractivity contribution in [3.05, 3.63) is 53.5 Å². The summed E-state index contributed by atoms with van der Waals surface area (Å²) in [6.07, 6.45) is 5.77. The van der Waals surface area contributed by atoms with Crippen molar-refractivity contribution in [3.63, 3.8) is 0 Å². The third-order valence-electron chi connectivity index (χ3n) is 6.76. The van der Waals surface area contributed by atoms with E-state index >= 15 is 0 Å². The van der Waals surface area contributed by atoms with Gasteiger partial charge in [0.1, 0.15) is 5.75 Å². The van der Waals surface area contributed by atoms with E-state index in [9.17, 15) is 9.59 Å². The maximum Gasteiger partial charge on any atom is 0.272 e. The number of carbonyl (C=O) groups excluding carboxylic acids is 2. The summed E-state index contributed by atoms with van der Waals surface area (Å²) in [5.74, 6) is 0.530. The molecule has 3 aromatic rings. The highest BCUT2D eigenvalue weighted by Gasteiger charge is 2.43. The largest absolute Gasteiger partial charge is 0.496 e. The van der Waals surface area contributed by atoms with Crippen LogP contribution in [0.3, 0.4) is 0 Å². The number of hydrogen-bond donors (Lipinski definition) is 1. The lowest BCUT2D eigenvalue weighted by atomic mass is 9.79. The van der Waals surface area contributed by atoms with Gasteiger partial charge in [0.25, 0.3) is 11.8 Å². The second-order valence-electron chi connectivity index (χ2n) is 10.1. The predicted molar refractivity (Wildman–Crippen MR) is 125 cm³/mol. The standard InChI is InChI=1S/C25H29N5O3/c1-24(2,3)30-15-17-13-25(27-22(31)21(17)28-30)8-10-29(11-9-25)23(32)16-12-18-19(26-14-16)6-5-7-20(18)33-4/h5-7,12,14-15H,8-11,13H2,1-4H3,(H,27,31). The van der Waals surface area contributed by atoms with Crippen LogP contribution in [0.4, 0.5) is 0 Å². The molecular weight excluding hydrogens is 418 g/mol. The van der Waals surface area contributed by atoms with Gasteiger partial charge in [-0.15, -0.1) is 0 Å². The summed E-state index contributed by atoms with van der Waals surface area (Å²) in [7, 11) is 1.61. The van der Waals surface area contributed by atoms with Gasteiger partial charge >= 0.3 is 0 Å². The summed E-state index contributed by atoms with van der Waals surface area (Å²) < 4.78 is 7.30. The first-order chi connectivity index (χ1) is 15.7. The number of nitrogens with zero attached hydrogens (tertiary/aromatic N) is 4. The molecule has 2 aliphatic heterocycles. The first-order valence-electron chi connectivity index (χ1n) is 11.3. The third-order valence-corrected chi connectivity index (χ3v) is 6.76. The second kappa shape index (κ2) is 7.57. The van der Waals surface area contributed by atoms with E-state index in [2.05, 4.69) is 36.2 Å². The number of amides is 2. The molecule has 5 rings (SSSR count). The summed E-state index contributed by atoms with van der Waals surface area (Å²) in [6, 6.07) is 7.50. The first kappa shape index (κ1) is 21.4. The molecule has 0 unspecified atom stereocenters. The number of fused-ring (bicyclic) bond motifs is 2. The number of pyridine rings is 1. The molecule has 2 amide bonds. The quantitative estimate of drug-likeness (QED) is 0.652. The number of ether oxygens (including phenoxy) is 1. The van der Waals surface area contributed by atoms with Crippen LogP contribution in [0.15, 0.2) is 36.7 Å². The van der Waals surface area contributed by atoms with Gasteiger partial charge in [-0.05, 0) is 58.2 Å². The lowest BCUT2D eigenvalue weighted by molar-refractivity contribution is 0.0605. The highest BCUT2D eigenvalue weighted by atomic mass is 16.5. The maximum atomic E-state index is 13.2. The van der Waals surface area contributed by atoms with Crippen molar-refractivity contribution in [2.45, 2.75) is 51.1 Å². The van der Waals surface area contributed by atoms with E-state index in [4.69, 9.17) is 4.74 Å². The Bertz CT molecular complexity index is 1250. The van der Waals surface area contributed by atoms with E-state index in [0.29, 0.717) is 42.9 Å². The molecular formula is C25H29N5O3. The van der Waals surface area contributed by atoms with E-state index in [1.165, 1.54) is 0 Å². The third kappa shape index (κ3) is 3.73. The van der Waals surface area contributed by atoms with Crippen molar-refractivity contribution < 1.29 is 14.3 Å². The van der Waals surface area contributed by atoms with Gasteiger partial charge in [-0.2, -0.15) is 5.10 Å². The van der Waals surface area contributed by atoms with Crippen LogP contribution in [0.5, 0.6) is 5.75 Å². The zero-order valence-corrected chi connectivity index (χ0v) is 19.5. The molecule has 1 spiro atoms. The molecule has 2 aliphatic rings. The van der Waals surface area contributed by atoms with Crippen molar-refractivity contribution in [1.82, 2.24) is 25.0 Å². The fourth-order valence-electron chi connectivity index (χ4n) is 4.82. The Balaban J connectivity index is 1.33.